The molecule has 2 aromatic carbocycles. The van der Waals surface area contributed by atoms with Gasteiger partial charge in [-0.1, -0.05) is 18.2 Å². The molecule has 0 spiro atoms. The molecular weight excluding hydrogens is 359 g/mol. The standard InChI is InChI=1S/C21H19FN4O2/c22-15-8-6-14(7-9-15)20-18(13-26(25-20)17-4-2-1-3-5-17)21(28)23-12-19(27)24-16-10-11-16/h1-9,13,16H,10-12H2,(H,23,28)(H,24,27). The molecule has 0 atom stereocenters. The van der Waals surface area contributed by atoms with Gasteiger partial charge in [0, 0.05) is 17.8 Å². The molecule has 0 unspecified atom stereocenters. The van der Waals surface area contributed by atoms with Crippen molar-refractivity contribution >= 4 is 11.8 Å². The monoisotopic (exact) mass is 378 g/mol. The fourth-order valence-electron chi connectivity index (χ4n) is 2.84. The second kappa shape index (κ2) is 7.64. The zero-order valence-electron chi connectivity index (χ0n) is 15.1. The summed E-state index contributed by atoms with van der Waals surface area (Å²) in [5, 5.41) is 9.99. The van der Waals surface area contributed by atoms with E-state index in [0.717, 1.165) is 18.5 Å². The predicted molar refractivity (Wildman–Crippen MR) is 102 cm³/mol. The Morgan fingerprint density at radius 1 is 1.07 bits per heavy atom. The van der Waals surface area contributed by atoms with Crippen LogP contribution in [0.5, 0.6) is 0 Å². The van der Waals surface area contributed by atoms with Gasteiger partial charge in [-0.05, 0) is 49.2 Å². The molecule has 0 radical (unpaired) electrons. The molecule has 0 aliphatic heterocycles. The van der Waals surface area contributed by atoms with E-state index in [-0.39, 0.29) is 24.3 Å². The number of carbonyl (C=O) groups excluding carboxylic acids is 2. The van der Waals surface area contributed by atoms with Crippen LogP contribution < -0.4 is 10.6 Å². The molecule has 1 aliphatic rings. The van der Waals surface area contributed by atoms with Gasteiger partial charge in [0.25, 0.3) is 5.91 Å². The molecule has 1 heterocycles. The summed E-state index contributed by atoms with van der Waals surface area (Å²) in [6.07, 6.45) is 3.58. The first kappa shape index (κ1) is 17.9. The minimum atomic E-state index is -0.410. The number of carbonyl (C=O) groups is 2. The Morgan fingerprint density at radius 3 is 2.46 bits per heavy atom. The summed E-state index contributed by atoms with van der Waals surface area (Å²) in [4.78, 5) is 24.6. The van der Waals surface area contributed by atoms with E-state index in [1.54, 1.807) is 23.0 Å². The van der Waals surface area contributed by atoms with Crippen molar-refractivity contribution in [3.63, 3.8) is 0 Å². The van der Waals surface area contributed by atoms with Gasteiger partial charge in [0.1, 0.15) is 11.5 Å². The molecule has 1 saturated carbocycles. The number of rotatable bonds is 6. The summed E-state index contributed by atoms with van der Waals surface area (Å²) in [6.45, 7) is -0.102. The minimum absolute atomic E-state index is 0.102. The van der Waals surface area contributed by atoms with E-state index in [4.69, 9.17) is 0 Å². The van der Waals surface area contributed by atoms with Gasteiger partial charge in [0.15, 0.2) is 0 Å². The van der Waals surface area contributed by atoms with Crippen LogP contribution in [0.3, 0.4) is 0 Å². The van der Waals surface area contributed by atoms with E-state index >= 15 is 0 Å². The maximum atomic E-state index is 13.3. The molecule has 2 amide bonds. The van der Waals surface area contributed by atoms with Crippen LogP contribution in [-0.2, 0) is 4.79 Å². The van der Waals surface area contributed by atoms with E-state index in [1.165, 1.54) is 12.1 Å². The Hall–Kier alpha value is -3.48. The maximum absolute atomic E-state index is 13.3. The van der Waals surface area contributed by atoms with Crippen LogP contribution in [-0.4, -0.2) is 34.2 Å². The van der Waals surface area contributed by atoms with Gasteiger partial charge < -0.3 is 10.6 Å². The van der Waals surface area contributed by atoms with E-state index < -0.39 is 5.91 Å². The van der Waals surface area contributed by atoms with E-state index in [9.17, 15) is 14.0 Å². The number of nitrogens with one attached hydrogen (secondary N) is 2. The topological polar surface area (TPSA) is 76.0 Å². The molecule has 3 aromatic rings. The van der Waals surface area contributed by atoms with Gasteiger partial charge in [-0.3, -0.25) is 9.59 Å². The molecule has 7 heteroatoms. The van der Waals surface area contributed by atoms with Gasteiger partial charge in [0.2, 0.25) is 5.91 Å². The third-order valence-corrected chi connectivity index (χ3v) is 4.45. The number of aromatic nitrogens is 2. The first-order chi connectivity index (χ1) is 13.6. The molecule has 0 saturated heterocycles. The van der Waals surface area contributed by atoms with Gasteiger partial charge in [-0.15, -0.1) is 0 Å². The van der Waals surface area contributed by atoms with E-state index in [2.05, 4.69) is 15.7 Å². The molecule has 2 N–H and O–H groups in total. The van der Waals surface area contributed by atoms with Crippen molar-refractivity contribution in [1.29, 1.82) is 0 Å². The van der Waals surface area contributed by atoms with Crippen LogP contribution in [0, 0.1) is 5.82 Å². The molecule has 6 nitrogen and oxygen atoms in total. The summed E-state index contributed by atoms with van der Waals surface area (Å²) < 4.78 is 14.9. The second-order valence-electron chi connectivity index (χ2n) is 6.70. The third-order valence-electron chi connectivity index (χ3n) is 4.45. The minimum Gasteiger partial charge on any atom is -0.352 e. The number of halogens is 1. The summed E-state index contributed by atoms with van der Waals surface area (Å²) in [6, 6.07) is 15.4. The maximum Gasteiger partial charge on any atom is 0.255 e. The van der Waals surface area contributed by atoms with Crippen LogP contribution >= 0.6 is 0 Å². The quantitative estimate of drug-likeness (QED) is 0.692. The van der Waals surface area contributed by atoms with Crippen LogP contribution in [0.15, 0.2) is 60.8 Å². The normalized spacial score (nSPS) is 13.2. The molecule has 1 aromatic heterocycles. The van der Waals surface area contributed by atoms with Crippen LogP contribution in [0.25, 0.3) is 16.9 Å². The van der Waals surface area contributed by atoms with Gasteiger partial charge in [-0.2, -0.15) is 5.10 Å². The average Bonchev–Trinajstić information content (AvgIpc) is 3.41. The summed E-state index contributed by atoms with van der Waals surface area (Å²) in [5.74, 6) is -0.990. The smallest absolute Gasteiger partial charge is 0.255 e. The van der Waals surface area contributed by atoms with Crippen molar-refractivity contribution in [1.82, 2.24) is 20.4 Å². The highest BCUT2D eigenvalue weighted by atomic mass is 19.1. The molecule has 1 aliphatic carbocycles. The number of amides is 2. The van der Waals surface area contributed by atoms with Crippen LogP contribution in [0.4, 0.5) is 4.39 Å². The molecular formula is C21H19FN4O2. The largest absolute Gasteiger partial charge is 0.352 e. The Bertz CT molecular complexity index is 995. The second-order valence-corrected chi connectivity index (χ2v) is 6.70. The average molecular weight is 378 g/mol. The fourth-order valence-corrected chi connectivity index (χ4v) is 2.84. The van der Waals surface area contributed by atoms with Gasteiger partial charge >= 0.3 is 0 Å². The molecule has 0 bridgehead atoms. The highest BCUT2D eigenvalue weighted by molar-refractivity contribution is 6.01. The first-order valence-corrected chi connectivity index (χ1v) is 9.09. The third kappa shape index (κ3) is 4.09. The zero-order valence-corrected chi connectivity index (χ0v) is 15.1. The summed E-state index contributed by atoms with van der Waals surface area (Å²) in [7, 11) is 0. The molecule has 142 valence electrons. The van der Waals surface area contributed by atoms with Crippen molar-refractivity contribution < 1.29 is 14.0 Å². The fraction of sp³-hybridized carbons (Fsp3) is 0.190. The molecule has 1 fully saturated rings. The lowest BCUT2D eigenvalue weighted by atomic mass is 10.1. The highest BCUT2D eigenvalue weighted by Gasteiger charge is 2.24. The Kier molecular flexibility index (Phi) is 4.89. The van der Waals surface area contributed by atoms with Gasteiger partial charge in [0.05, 0.1) is 17.8 Å². The number of para-hydroxylation sites is 1. The van der Waals surface area contributed by atoms with E-state index in [0.29, 0.717) is 16.8 Å². The Morgan fingerprint density at radius 2 is 1.79 bits per heavy atom. The zero-order chi connectivity index (χ0) is 19.5. The lowest BCUT2D eigenvalue weighted by molar-refractivity contribution is -0.120. The van der Waals surface area contributed by atoms with Crippen molar-refractivity contribution in [2.45, 2.75) is 18.9 Å². The number of benzene rings is 2. The van der Waals surface area contributed by atoms with Crippen molar-refractivity contribution in [2.75, 3.05) is 6.54 Å². The Labute approximate surface area is 161 Å². The van der Waals surface area contributed by atoms with E-state index in [1.807, 2.05) is 30.3 Å². The van der Waals surface area contributed by atoms with Crippen LogP contribution in [0.2, 0.25) is 0 Å². The molecule has 4 rings (SSSR count). The van der Waals surface area contributed by atoms with Crippen LogP contribution in [0.1, 0.15) is 23.2 Å². The summed E-state index contributed by atoms with van der Waals surface area (Å²) in [5.41, 5.74) is 2.14. The van der Waals surface area contributed by atoms with Gasteiger partial charge in [-0.25, -0.2) is 9.07 Å². The first-order valence-electron chi connectivity index (χ1n) is 9.09. The lowest BCUT2D eigenvalue weighted by Gasteiger charge is -2.06. The molecule has 28 heavy (non-hydrogen) atoms. The number of hydrogen-bond acceptors (Lipinski definition) is 3. The SMILES string of the molecule is O=C(CNC(=O)c1cn(-c2ccccc2)nc1-c1ccc(F)cc1)NC1CC1. The number of hydrogen-bond donors (Lipinski definition) is 2. The predicted octanol–water partition coefficient (Wildman–Crippen LogP) is 2.69. The van der Waals surface area contributed by atoms with Crippen molar-refractivity contribution in [2.24, 2.45) is 0 Å². The highest BCUT2D eigenvalue weighted by Crippen LogP contribution is 2.24. The lowest BCUT2D eigenvalue weighted by Crippen LogP contribution is -2.37. The van der Waals surface area contributed by atoms with Crippen molar-refractivity contribution in [3.05, 3.63) is 72.2 Å². The van der Waals surface area contributed by atoms with Crippen molar-refractivity contribution in [3.8, 4) is 16.9 Å². The Balaban J connectivity index is 1.61. The number of nitrogens with zero attached hydrogens (tertiary/aromatic N) is 2. The summed E-state index contributed by atoms with van der Waals surface area (Å²) >= 11 is 0.